The fraction of sp³-hybridized carbons (Fsp3) is 0.250. The minimum atomic E-state index is -0.494. The highest BCUT2D eigenvalue weighted by molar-refractivity contribution is 5.69. The zero-order valence-corrected chi connectivity index (χ0v) is 12.0. The molecule has 0 heterocycles. The lowest BCUT2D eigenvalue weighted by Crippen LogP contribution is -2.19. The van der Waals surface area contributed by atoms with E-state index >= 15 is 0 Å². The lowest BCUT2D eigenvalue weighted by Gasteiger charge is -2.18. The van der Waals surface area contributed by atoms with E-state index in [1.807, 2.05) is 6.92 Å². The highest BCUT2D eigenvalue weighted by Crippen LogP contribution is 2.28. The van der Waals surface area contributed by atoms with Crippen molar-refractivity contribution in [1.82, 2.24) is 0 Å². The lowest BCUT2D eigenvalue weighted by atomic mass is 10.1. The summed E-state index contributed by atoms with van der Waals surface area (Å²) in [6.45, 7) is 1.97. The molecule has 3 nitrogen and oxygen atoms in total. The van der Waals surface area contributed by atoms with Crippen molar-refractivity contribution in [2.24, 2.45) is 0 Å². The molecule has 1 atom stereocenters. The van der Waals surface area contributed by atoms with Crippen molar-refractivity contribution in [3.05, 3.63) is 53.6 Å². The van der Waals surface area contributed by atoms with Crippen molar-refractivity contribution >= 4 is 11.4 Å². The third-order valence-electron chi connectivity index (χ3n) is 3.18. The minimum absolute atomic E-state index is 0.0490. The summed E-state index contributed by atoms with van der Waals surface area (Å²) in [5.74, 6) is -0.612. The van der Waals surface area contributed by atoms with Crippen LogP contribution in [0.2, 0.25) is 0 Å². The van der Waals surface area contributed by atoms with E-state index in [0.717, 1.165) is 5.56 Å². The molecule has 1 unspecified atom stereocenters. The maximum absolute atomic E-state index is 13.5. The predicted octanol–water partition coefficient (Wildman–Crippen LogP) is 3.60. The van der Waals surface area contributed by atoms with Crippen molar-refractivity contribution in [2.45, 2.75) is 19.4 Å². The number of nitrogens with one attached hydrogen (secondary N) is 1. The third-order valence-corrected chi connectivity index (χ3v) is 3.18. The largest absolute Gasteiger partial charge is 0.494 e. The van der Waals surface area contributed by atoms with Gasteiger partial charge in [-0.2, -0.15) is 0 Å². The molecule has 0 radical (unpaired) electrons. The Bertz CT molecular complexity index is 614. The summed E-state index contributed by atoms with van der Waals surface area (Å²) in [6, 6.07) is 9.14. The van der Waals surface area contributed by atoms with Gasteiger partial charge in [0.1, 0.15) is 5.82 Å². The van der Waals surface area contributed by atoms with Gasteiger partial charge in [-0.05, 0) is 31.0 Å². The van der Waals surface area contributed by atoms with E-state index in [0.29, 0.717) is 17.8 Å². The van der Waals surface area contributed by atoms with Gasteiger partial charge in [0, 0.05) is 18.2 Å². The summed E-state index contributed by atoms with van der Waals surface area (Å²) in [4.78, 5) is 0. The van der Waals surface area contributed by atoms with Gasteiger partial charge in [-0.1, -0.05) is 12.1 Å². The zero-order valence-electron chi connectivity index (χ0n) is 12.0. The summed E-state index contributed by atoms with van der Waals surface area (Å²) in [5, 5.41) is 3.21. The van der Waals surface area contributed by atoms with Gasteiger partial charge >= 0.3 is 0 Å². The Morgan fingerprint density at radius 3 is 2.48 bits per heavy atom. The van der Waals surface area contributed by atoms with Crippen LogP contribution < -0.4 is 15.8 Å². The topological polar surface area (TPSA) is 47.3 Å². The number of nitrogen functional groups attached to an aromatic ring is 1. The average molecular weight is 292 g/mol. The second-order valence-corrected chi connectivity index (χ2v) is 4.95. The van der Waals surface area contributed by atoms with E-state index in [1.165, 1.54) is 31.4 Å². The summed E-state index contributed by atoms with van der Waals surface area (Å²) in [5.41, 5.74) is 7.74. The number of rotatable bonds is 5. The van der Waals surface area contributed by atoms with Crippen molar-refractivity contribution in [3.63, 3.8) is 0 Å². The van der Waals surface area contributed by atoms with E-state index in [1.54, 1.807) is 12.1 Å². The van der Waals surface area contributed by atoms with Crippen molar-refractivity contribution < 1.29 is 13.5 Å². The molecule has 5 heteroatoms. The minimum Gasteiger partial charge on any atom is -0.494 e. The molecule has 0 amide bonds. The molecule has 0 fully saturated rings. The first-order valence-corrected chi connectivity index (χ1v) is 6.63. The molecule has 2 aromatic carbocycles. The second-order valence-electron chi connectivity index (χ2n) is 4.95. The molecular formula is C16H18F2N2O. The Hall–Kier alpha value is -2.30. The summed E-state index contributed by atoms with van der Waals surface area (Å²) < 4.78 is 31.3. The van der Waals surface area contributed by atoms with Crippen LogP contribution in [-0.2, 0) is 6.42 Å². The van der Waals surface area contributed by atoms with E-state index in [4.69, 9.17) is 10.5 Å². The molecule has 0 saturated heterocycles. The van der Waals surface area contributed by atoms with Gasteiger partial charge in [-0.25, -0.2) is 8.78 Å². The van der Waals surface area contributed by atoms with Crippen molar-refractivity contribution in [1.29, 1.82) is 0 Å². The molecule has 0 aromatic heterocycles. The monoisotopic (exact) mass is 292 g/mol. The second kappa shape index (κ2) is 6.43. The van der Waals surface area contributed by atoms with Crippen molar-refractivity contribution in [2.75, 3.05) is 18.2 Å². The molecule has 3 N–H and O–H groups in total. The number of halogens is 2. The molecule has 2 aromatic rings. The molecule has 0 aliphatic carbocycles. The normalized spacial score (nSPS) is 12.0. The van der Waals surface area contributed by atoms with Gasteiger partial charge in [-0.15, -0.1) is 0 Å². The predicted molar refractivity (Wildman–Crippen MR) is 80.6 cm³/mol. The first-order chi connectivity index (χ1) is 9.99. The van der Waals surface area contributed by atoms with Crippen LogP contribution in [0.5, 0.6) is 5.75 Å². The lowest BCUT2D eigenvalue weighted by molar-refractivity contribution is 0.387. The smallest absolute Gasteiger partial charge is 0.167 e. The quantitative estimate of drug-likeness (QED) is 0.828. The number of ether oxygens (including phenoxy) is 1. The zero-order chi connectivity index (χ0) is 15.4. The van der Waals surface area contributed by atoms with Crippen LogP contribution >= 0.6 is 0 Å². The molecule has 0 saturated carbocycles. The maximum atomic E-state index is 13.5. The first-order valence-electron chi connectivity index (χ1n) is 6.63. The Morgan fingerprint density at radius 2 is 1.86 bits per heavy atom. The molecule has 0 spiro atoms. The van der Waals surface area contributed by atoms with Crippen LogP contribution in [0.3, 0.4) is 0 Å². The average Bonchev–Trinajstić information content (AvgIpc) is 2.44. The Morgan fingerprint density at radius 1 is 1.19 bits per heavy atom. The number of benzene rings is 2. The first kappa shape index (κ1) is 15.1. The van der Waals surface area contributed by atoms with Gasteiger partial charge in [0.2, 0.25) is 0 Å². The molecule has 0 bridgehead atoms. The van der Waals surface area contributed by atoms with Gasteiger partial charge in [-0.3, -0.25) is 0 Å². The number of methoxy groups -OCH3 is 1. The van der Waals surface area contributed by atoms with Crippen LogP contribution in [0.4, 0.5) is 20.2 Å². The van der Waals surface area contributed by atoms with Gasteiger partial charge in [0.25, 0.3) is 0 Å². The third kappa shape index (κ3) is 3.84. The van der Waals surface area contributed by atoms with Crippen LogP contribution in [0, 0.1) is 11.6 Å². The number of anilines is 2. The van der Waals surface area contributed by atoms with Gasteiger partial charge in [0.15, 0.2) is 11.6 Å². The SMILES string of the molecule is COc1cc(NC(C)Cc2ccc(F)cc2)c(N)cc1F. The fourth-order valence-electron chi connectivity index (χ4n) is 2.14. The van der Waals surface area contributed by atoms with Crippen LogP contribution in [-0.4, -0.2) is 13.2 Å². The van der Waals surface area contributed by atoms with Gasteiger partial charge in [0.05, 0.1) is 18.5 Å². The molecule has 21 heavy (non-hydrogen) atoms. The van der Waals surface area contributed by atoms with E-state index in [-0.39, 0.29) is 17.6 Å². The summed E-state index contributed by atoms with van der Waals surface area (Å²) >= 11 is 0. The number of hydrogen-bond acceptors (Lipinski definition) is 3. The maximum Gasteiger partial charge on any atom is 0.167 e. The molecule has 112 valence electrons. The molecule has 0 aliphatic heterocycles. The van der Waals surface area contributed by atoms with Crippen LogP contribution in [0.1, 0.15) is 12.5 Å². The summed E-state index contributed by atoms with van der Waals surface area (Å²) in [6.07, 6.45) is 0.694. The van der Waals surface area contributed by atoms with E-state index < -0.39 is 5.82 Å². The molecule has 0 aliphatic rings. The summed E-state index contributed by atoms with van der Waals surface area (Å²) in [7, 11) is 1.40. The molecule has 2 rings (SSSR count). The van der Waals surface area contributed by atoms with E-state index in [9.17, 15) is 8.78 Å². The van der Waals surface area contributed by atoms with Gasteiger partial charge < -0.3 is 15.8 Å². The standard InChI is InChI=1S/C16H18F2N2O/c1-10(7-11-3-5-12(17)6-4-11)20-15-9-16(21-2)13(18)8-14(15)19/h3-6,8-10,20H,7,19H2,1-2H3. The number of hydrogen-bond donors (Lipinski definition) is 2. The van der Waals surface area contributed by atoms with Crippen molar-refractivity contribution in [3.8, 4) is 5.75 Å². The molecular weight excluding hydrogens is 274 g/mol. The Kier molecular flexibility index (Phi) is 4.62. The van der Waals surface area contributed by atoms with Crippen LogP contribution in [0.15, 0.2) is 36.4 Å². The van der Waals surface area contributed by atoms with E-state index in [2.05, 4.69) is 5.32 Å². The highest BCUT2D eigenvalue weighted by atomic mass is 19.1. The fourth-order valence-corrected chi connectivity index (χ4v) is 2.14. The Balaban J connectivity index is 2.08. The highest BCUT2D eigenvalue weighted by Gasteiger charge is 2.11. The van der Waals surface area contributed by atoms with Crippen LogP contribution in [0.25, 0.3) is 0 Å². The Labute approximate surface area is 122 Å². The number of nitrogens with two attached hydrogens (primary N) is 1.